The van der Waals surface area contributed by atoms with E-state index in [-0.39, 0.29) is 30.0 Å². The number of nitrogens with one attached hydrogen (secondary N) is 1. The van der Waals surface area contributed by atoms with Gasteiger partial charge in [0.1, 0.15) is 0 Å². The summed E-state index contributed by atoms with van der Waals surface area (Å²) < 4.78 is 13.3. The molecule has 1 amide bonds. The molecule has 212 valence electrons. The van der Waals surface area contributed by atoms with Gasteiger partial charge in [-0.3, -0.25) is 14.6 Å². The number of hydrogen-bond donors (Lipinski definition) is 1. The van der Waals surface area contributed by atoms with Gasteiger partial charge in [-0.15, -0.1) is 5.10 Å². The zero-order valence-electron chi connectivity index (χ0n) is 23.2. The Morgan fingerprint density at radius 3 is 2.72 bits per heavy atom. The molecule has 3 aliphatic heterocycles. The maximum atomic E-state index is 13.7. The van der Waals surface area contributed by atoms with Gasteiger partial charge in [-0.1, -0.05) is 30.3 Å². The molecule has 5 unspecified atom stereocenters. The Morgan fingerprint density at radius 1 is 1.10 bits per heavy atom. The first kappa shape index (κ1) is 26.8. The first-order chi connectivity index (χ1) is 19.2. The molecule has 0 bridgehead atoms. The smallest absolute Gasteiger partial charge is 0.225 e. The Bertz CT molecular complexity index is 1070. The van der Waals surface area contributed by atoms with Crippen molar-refractivity contribution in [2.45, 2.75) is 69.8 Å². The summed E-state index contributed by atoms with van der Waals surface area (Å²) in [5.74, 6) is 1.82. The molecular weight excluding hydrogens is 494 g/mol. The van der Waals surface area contributed by atoms with E-state index in [1.54, 1.807) is 7.11 Å². The van der Waals surface area contributed by atoms with Crippen LogP contribution in [0.4, 0.5) is 0 Å². The molecule has 1 aromatic carbocycles. The van der Waals surface area contributed by atoms with Crippen molar-refractivity contribution in [2.24, 2.45) is 17.8 Å². The van der Waals surface area contributed by atoms with E-state index in [0.29, 0.717) is 18.4 Å². The highest BCUT2D eigenvalue weighted by Gasteiger charge is 2.46. The summed E-state index contributed by atoms with van der Waals surface area (Å²) in [5, 5.41) is 16.5. The number of carbonyl (C=O) groups is 1. The monoisotopic (exact) mass is 537 g/mol. The maximum Gasteiger partial charge on any atom is 0.225 e. The number of methoxy groups -OCH3 is 1. The highest BCUT2D eigenvalue weighted by atomic mass is 16.5. The van der Waals surface area contributed by atoms with Crippen LogP contribution in [-0.2, 0) is 27.4 Å². The predicted molar refractivity (Wildman–Crippen MR) is 146 cm³/mol. The van der Waals surface area contributed by atoms with Crippen LogP contribution in [0.3, 0.4) is 0 Å². The summed E-state index contributed by atoms with van der Waals surface area (Å²) in [6, 6.07) is 10.8. The van der Waals surface area contributed by atoms with Crippen LogP contribution in [0, 0.1) is 17.8 Å². The minimum absolute atomic E-state index is 0.133. The zero-order valence-corrected chi connectivity index (χ0v) is 23.2. The molecule has 0 radical (unpaired) electrons. The van der Waals surface area contributed by atoms with E-state index < -0.39 is 0 Å². The number of carbonyl (C=O) groups excluding carboxylic acids is 1. The minimum atomic E-state index is -0.178. The number of piperazine rings is 1. The van der Waals surface area contributed by atoms with Gasteiger partial charge >= 0.3 is 0 Å². The Labute approximate surface area is 231 Å². The number of amides is 1. The molecule has 2 aromatic rings. The Morgan fingerprint density at radius 2 is 1.95 bits per heavy atom. The first-order valence-corrected chi connectivity index (χ1v) is 14.8. The molecule has 1 saturated carbocycles. The van der Waals surface area contributed by atoms with Crippen molar-refractivity contribution in [3.63, 3.8) is 0 Å². The average molecular weight is 538 g/mol. The quantitative estimate of drug-likeness (QED) is 0.521. The van der Waals surface area contributed by atoms with E-state index in [1.807, 2.05) is 4.68 Å². The molecule has 0 spiro atoms. The molecule has 3 saturated heterocycles. The molecule has 1 N–H and O–H groups in total. The molecule has 6 rings (SSSR count). The standard InChI is InChI=1S/C29H43N7O3/c1-38-20-22-9-10-26-23(16-22)17-25(29(37)30-26)27(28-31-32-33-36(28)19-24-8-5-15-39-24)35-13-11-34(12-14-35)18-21-6-3-2-4-7-21/h2-4,6-7,22-27H,5,8-20H2,1H3,(H,30,37)/t22?,23?,24-,25?,26?,27?/m1/s1. The SMILES string of the molecule is COCC1CCC2NC(=O)C(C(c3nnnn3C[C@H]3CCCO3)N3CCN(Cc4ccccc4)CC3)CC2C1. The predicted octanol–water partition coefficient (Wildman–Crippen LogP) is 2.28. The highest BCUT2D eigenvalue weighted by Crippen LogP contribution is 2.42. The van der Waals surface area contributed by atoms with E-state index in [9.17, 15) is 4.79 Å². The highest BCUT2D eigenvalue weighted by molar-refractivity contribution is 5.80. The average Bonchev–Trinajstić information content (AvgIpc) is 3.64. The van der Waals surface area contributed by atoms with Crippen molar-refractivity contribution < 1.29 is 14.3 Å². The number of rotatable bonds is 9. The zero-order chi connectivity index (χ0) is 26.6. The molecule has 39 heavy (non-hydrogen) atoms. The topological polar surface area (TPSA) is 97.6 Å². The van der Waals surface area contributed by atoms with Crippen LogP contribution in [0.1, 0.15) is 56.0 Å². The fourth-order valence-corrected chi connectivity index (χ4v) is 7.37. The number of tetrazole rings is 1. The second-order valence-electron chi connectivity index (χ2n) is 11.9. The molecule has 4 heterocycles. The van der Waals surface area contributed by atoms with E-state index in [1.165, 1.54) is 5.56 Å². The fourth-order valence-electron chi connectivity index (χ4n) is 7.37. The second-order valence-corrected chi connectivity index (χ2v) is 11.9. The van der Waals surface area contributed by atoms with Gasteiger partial charge in [0, 0.05) is 59.1 Å². The van der Waals surface area contributed by atoms with Crippen LogP contribution in [0.5, 0.6) is 0 Å². The lowest BCUT2D eigenvalue weighted by atomic mass is 9.70. The van der Waals surface area contributed by atoms with Crippen molar-refractivity contribution in [2.75, 3.05) is 46.5 Å². The number of benzene rings is 1. The van der Waals surface area contributed by atoms with Gasteiger partial charge in [-0.2, -0.15) is 0 Å². The minimum Gasteiger partial charge on any atom is -0.384 e. The molecular formula is C29H43N7O3. The van der Waals surface area contributed by atoms with Crippen LogP contribution < -0.4 is 5.32 Å². The Hall–Kier alpha value is -2.40. The largest absolute Gasteiger partial charge is 0.384 e. The summed E-state index contributed by atoms with van der Waals surface area (Å²) in [7, 11) is 1.79. The molecule has 6 atom stereocenters. The number of nitrogens with zero attached hydrogens (tertiary/aromatic N) is 6. The van der Waals surface area contributed by atoms with Gasteiger partial charge in [0.15, 0.2) is 5.82 Å². The third-order valence-electron chi connectivity index (χ3n) is 9.37. The van der Waals surface area contributed by atoms with Gasteiger partial charge in [0.25, 0.3) is 0 Å². The molecule has 1 aromatic heterocycles. The van der Waals surface area contributed by atoms with Gasteiger partial charge in [-0.05, 0) is 66.4 Å². The summed E-state index contributed by atoms with van der Waals surface area (Å²) in [6.07, 6.45) is 6.37. The van der Waals surface area contributed by atoms with E-state index >= 15 is 0 Å². The van der Waals surface area contributed by atoms with Crippen molar-refractivity contribution >= 4 is 5.91 Å². The normalized spacial score (nSPS) is 31.1. The molecule has 4 aliphatic rings. The fraction of sp³-hybridized carbons (Fsp3) is 0.724. The number of hydrogen-bond acceptors (Lipinski definition) is 8. The van der Waals surface area contributed by atoms with Gasteiger partial charge < -0.3 is 14.8 Å². The van der Waals surface area contributed by atoms with Crippen molar-refractivity contribution in [3.8, 4) is 0 Å². The van der Waals surface area contributed by atoms with Gasteiger partial charge in [-0.25, -0.2) is 4.68 Å². The van der Waals surface area contributed by atoms with Crippen LogP contribution in [0.2, 0.25) is 0 Å². The van der Waals surface area contributed by atoms with E-state index in [0.717, 1.165) is 90.3 Å². The molecule has 10 heteroatoms. The maximum absolute atomic E-state index is 13.7. The van der Waals surface area contributed by atoms with Crippen molar-refractivity contribution in [1.29, 1.82) is 0 Å². The summed E-state index contributed by atoms with van der Waals surface area (Å²) >= 11 is 0. The third kappa shape index (κ3) is 6.19. The van der Waals surface area contributed by atoms with Gasteiger partial charge in [0.05, 0.1) is 24.6 Å². The van der Waals surface area contributed by atoms with Crippen molar-refractivity contribution in [3.05, 3.63) is 41.7 Å². The number of ether oxygens (including phenoxy) is 2. The van der Waals surface area contributed by atoms with Gasteiger partial charge in [0.2, 0.25) is 5.91 Å². The van der Waals surface area contributed by atoms with Crippen LogP contribution >= 0.6 is 0 Å². The Kier molecular flexibility index (Phi) is 8.53. The number of fused-ring (bicyclic) bond motifs is 1. The Balaban J connectivity index is 1.22. The van der Waals surface area contributed by atoms with E-state index in [4.69, 9.17) is 9.47 Å². The summed E-state index contributed by atoms with van der Waals surface area (Å²) in [4.78, 5) is 18.7. The lowest BCUT2D eigenvalue weighted by molar-refractivity contribution is -0.134. The van der Waals surface area contributed by atoms with Crippen molar-refractivity contribution in [1.82, 2.24) is 35.3 Å². The second kappa shape index (κ2) is 12.4. The van der Waals surface area contributed by atoms with E-state index in [2.05, 4.69) is 61.0 Å². The van der Waals surface area contributed by atoms with Crippen LogP contribution in [-0.4, -0.2) is 94.6 Å². The number of aromatic nitrogens is 4. The molecule has 4 fully saturated rings. The first-order valence-electron chi connectivity index (χ1n) is 14.8. The summed E-state index contributed by atoms with van der Waals surface area (Å²) in [5.41, 5.74) is 1.34. The van der Waals surface area contributed by atoms with Crippen LogP contribution in [0.15, 0.2) is 30.3 Å². The lowest BCUT2D eigenvalue weighted by Gasteiger charge is -2.47. The molecule has 10 nitrogen and oxygen atoms in total. The number of piperidine rings is 1. The van der Waals surface area contributed by atoms with Crippen LogP contribution in [0.25, 0.3) is 0 Å². The third-order valence-corrected chi connectivity index (χ3v) is 9.37. The molecule has 1 aliphatic carbocycles. The summed E-state index contributed by atoms with van der Waals surface area (Å²) in [6.45, 7) is 6.86. The lowest BCUT2D eigenvalue weighted by Crippen LogP contribution is -2.57.